The van der Waals surface area contributed by atoms with E-state index in [9.17, 15) is 0 Å². The van der Waals surface area contributed by atoms with Crippen LogP contribution in [-0.2, 0) is 0 Å². The second kappa shape index (κ2) is 4.17. The van der Waals surface area contributed by atoms with Crippen LogP contribution in [0.4, 0.5) is 11.6 Å². The van der Waals surface area contributed by atoms with Crippen LogP contribution < -0.4 is 10.2 Å². The quantitative estimate of drug-likeness (QED) is 0.867. The molecule has 4 nitrogen and oxygen atoms in total. The Morgan fingerprint density at radius 3 is 2.71 bits per heavy atom. The Kier molecular flexibility index (Phi) is 2.65. The molecule has 4 heteroatoms. The molecule has 17 heavy (non-hydrogen) atoms. The van der Waals surface area contributed by atoms with Crippen molar-refractivity contribution in [3.05, 3.63) is 11.9 Å². The van der Waals surface area contributed by atoms with Crippen molar-refractivity contribution in [1.29, 1.82) is 0 Å². The Bertz CT molecular complexity index is 414. The van der Waals surface area contributed by atoms with Crippen molar-refractivity contribution in [2.45, 2.75) is 32.1 Å². The Morgan fingerprint density at radius 2 is 2.12 bits per heavy atom. The van der Waals surface area contributed by atoms with Gasteiger partial charge in [-0.3, -0.25) is 0 Å². The average Bonchev–Trinajstić information content (AvgIpc) is 3.11. The topological polar surface area (TPSA) is 41.0 Å². The fraction of sp³-hybridized carbons (Fsp3) is 0.692. The van der Waals surface area contributed by atoms with E-state index >= 15 is 0 Å². The number of hydrogen-bond acceptors (Lipinski definition) is 4. The van der Waals surface area contributed by atoms with Gasteiger partial charge in [-0.25, -0.2) is 9.97 Å². The first kappa shape index (κ1) is 10.8. The lowest BCUT2D eigenvalue weighted by Gasteiger charge is -2.18. The molecule has 3 rings (SSSR count). The Morgan fingerprint density at radius 1 is 1.29 bits per heavy atom. The molecule has 1 aromatic rings. The minimum atomic E-state index is 0.613. The highest BCUT2D eigenvalue weighted by molar-refractivity contribution is 5.50. The second-order valence-electron chi connectivity index (χ2n) is 5.33. The van der Waals surface area contributed by atoms with Crippen LogP contribution in [0.1, 0.15) is 37.9 Å². The van der Waals surface area contributed by atoms with Crippen molar-refractivity contribution in [2.75, 3.05) is 30.4 Å². The summed E-state index contributed by atoms with van der Waals surface area (Å²) in [7, 11) is 1.93. The summed E-state index contributed by atoms with van der Waals surface area (Å²) in [4.78, 5) is 11.7. The van der Waals surface area contributed by atoms with Gasteiger partial charge in [-0.15, -0.1) is 0 Å². The largest absolute Gasteiger partial charge is 0.373 e. The number of nitrogens with zero attached hydrogens (tertiary/aromatic N) is 3. The first-order valence-corrected chi connectivity index (χ1v) is 6.58. The summed E-state index contributed by atoms with van der Waals surface area (Å²) in [5.41, 5.74) is 0. The zero-order valence-electron chi connectivity index (χ0n) is 10.6. The molecular formula is C13H20N4. The summed E-state index contributed by atoms with van der Waals surface area (Å²) in [6, 6.07) is 2.07. The lowest BCUT2D eigenvalue weighted by atomic mass is 10.2. The summed E-state index contributed by atoms with van der Waals surface area (Å²) in [6.07, 6.45) is 3.78. The molecule has 2 heterocycles. The highest BCUT2D eigenvalue weighted by atomic mass is 15.2. The zero-order chi connectivity index (χ0) is 11.8. The molecule has 92 valence electrons. The highest BCUT2D eigenvalue weighted by Crippen LogP contribution is 2.39. The van der Waals surface area contributed by atoms with Crippen LogP contribution in [-0.4, -0.2) is 30.1 Å². The van der Waals surface area contributed by atoms with E-state index < -0.39 is 0 Å². The van der Waals surface area contributed by atoms with Gasteiger partial charge in [-0.2, -0.15) is 0 Å². The predicted octanol–water partition coefficient (Wildman–Crippen LogP) is 2.24. The molecule has 0 bridgehead atoms. The fourth-order valence-corrected chi connectivity index (χ4v) is 2.41. The standard InChI is InChI=1S/C13H20N4/c1-9-5-6-17(8-9)12-7-11(14-2)15-13(16-12)10-3-4-10/h7,9-10H,3-6,8H2,1-2H3,(H,14,15,16). The molecule has 1 aliphatic heterocycles. The maximum atomic E-state index is 4.73. The maximum absolute atomic E-state index is 4.73. The lowest BCUT2D eigenvalue weighted by Crippen LogP contribution is -2.21. The van der Waals surface area contributed by atoms with E-state index in [4.69, 9.17) is 4.98 Å². The summed E-state index contributed by atoms with van der Waals surface area (Å²) < 4.78 is 0. The minimum absolute atomic E-state index is 0.613. The van der Waals surface area contributed by atoms with Gasteiger partial charge in [0.2, 0.25) is 0 Å². The van der Waals surface area contributed by atoms with Crippen molar-refractivity contribution >= 4 is 11.6 Å². The summed E-state index contributed by atoms with van der Waals surface area (Å²) >= 11 is 0. The van der Waals surface area contributed by atoms with Gasteiger partial charge < -0.3 is 10.2 Å². The van der Waals surface area contributed by atoms with Gasteiger partial charge in [0.05, 0.1) is 0 Å². The first-order chi connectivity index (χ1) is 8.26. The second-order valence-corrected chi connectivity index (χ2v) is 5.33. The number of rotatable bonds is 3. The molecule has 1 saturated carbocycles. The number of anilines is 2. The van der Waals surface area contributed by atoms with Crippen LogP contribution in [0.15, 0.2) is 6.07 Å². The normalized spacial score (nSPS) is 24.1. The number of nitrogens with one attached hydrogen (secondary N) is 1. The first-order valence-electron chi connectivity index (χ1n) is 6.58. The van der Waals surface area contributed by atoms with E-state index in [2.05, 4.69) is 28.2 Å². The Balaban J connectivity index is 1.89. The van der Waals surface area contributed by atoms with Crippen molar-refractivity contribution in [1.82, 2.24) is 9.97 Å². The van der Waals surface area contributed by atoms with E-state index in [1.165, 1.54) is 19.3 Å². The SMILES string of the molecule is CNc1cc(N2CCC(C)C2)nc(C2CC2)n1. The molecule has 1 aromatic heterocycles. The predicted molar refractivity (Wildman–Crippen MR) is 69.5 cm³/mol. The van der Waals surface area contributed by atoms with Crippen molar-refractivity contribution in [2.24, 2.45) is 5.92 Å². The van der Waals surface area contributed by atoms with Gasteiger partial charge >= 0.3 is 0 Å². The molecular weight excluding hydrogens is 212 g/mol. The van der Waals surface area contributed by atoms with Crippen molar-refractivity contribution in [3.63, 3.8) is 0 Å². The minimum Gasteiger partial charge on any atom is -0.373 e. The van der Waals surface area contributed by atoms with E-state index in [1.807, 2.05) is 7.05 Å². The van der Waals surface area contributed by atoms with Crippen molar-refractivity contribution < 1.29 is 0 Å². The van der Waals surface area contributed by atoms with Crippen LogP contribution in [0.3, 0.4) is 0 Å². The van der Waals surface area contributed by atoms with Crippen molar-refractivity contribution in [3.8, 4) is 0 Å². The van der Waals surface area contributed by atoms with Crippen LogP contribution in [0.2, 0.25) is 0 Å². The maximum Gasteiger partial charge on any atom is 0.136 e. The van der Waals surface area contributed by atoms with Gasteiger partial charge in [-0.1, -0.05) is 6.92 Å². The van der Waals surface area contributed by atoms with E-state index in [0.29, 0.717) is 5.92 Å². The molecule has 0 amide bonds. The van der Waals surface area contributed by atoms with Gasteiger partial charge in [0, 0.05) is 32.1 Å². The zero-order valence-corrected chi connectivity index (χ0v) is 10.6. The molecule has 1 N–H and O–H groups in total. The molecule has 1 aliphatic carbocycles. The number of aromatic nitrogens is 2. The molecule has 0 radical (unpaired) electrons. The molecule has 1 atom stereocenters. The fourth-order valence-electron chi connectivity index (χ4n) is 2.41. The average molecular weight is 232 g/mol. The van der Waals surface area contributed by atoms with E-state index in [1.54, 1.807) is 0 Å². The van der Waals surface area contributed by atoms with Crippen LogP contribution in [0.25, 0.3) is 0 Å². The van der Waals surface area contributed by atoms with Gasteiger partial charge in [0.1, 0.15) is 17.5 Å². The van der Waals surface area contributed by atoms with Gasteiger partial charge in [-0.05, 0) is 25.2 Å². The Labute approximate surface area is 102 Å². The van der Waals surface area contributed by atoms with E-state index in [0.717, 1.165) is 36.5 Å². The van der Waals surface area contributed by atoms with Crippen LogP contribution >= 0.6 is 0 Å². The highest BCUT2D eigenvalue weighted by Gasteiger charge is 2.28. The number of hydrogen-bond donors (Lipinski definition) is 1. The third-order valence-corrected chi connectivity index (χ3v) is 3.68. The summed E-state index contributed by atoms with van der Waals surface area (Å²) in [6.45, 7) is 4.57. The third-order valence-electron chi connectivity index (χ3n) is 3.68. The molecule has 1 saturated heterocycles. The third kappa shape index (κ3) is 2.21. The monoisotopic (exact) mass is 232 g/mol. The lowest BCUT2D eigenvalue weighted by molar-refractivity contribution is 0.658. The van der Waals surface area contributed by atoms with E-state index in [-0.39, 0.29) is 0 Å². The molecule has 0 spiro atoms. The molecule has 1 unspecified atom stereocenters. The van der Waals surface area contributed by atoms with Crippen LogP contribution in [0.5, 0.6) is 0 Å². The molecule has 2 aliphatic rings. The van der Waals surface area contributed by atoms with Gasteiger partial charge in [0.25, 0.3) is 0 Å². The Hall–Kier alpha value is -1.32. The van der Waals surface area contributed by atoms with Crippen LogP contribution in [0, 0.1) is 5.92 Å². The molecule has 2 fully saturated rings. The summed E-state index contributed by atoms with van der Waals surface area (Å²) in [5, 5.41) is 3.15. The van der Waals surface area contributed by atoms with Gasteiger partial charge in [0.15, 0.2) is 0 Å². The summed E-state index contributed by atoms with van der Waals surface area (Å²) in [5.74, 6) is 4.49. The molecule has 0 aromatic carbocycles. The smallest absolute Gasteiger partial charge is 0.136 e.